The predicted octanol–water partition coefficient (Wildman–Crippen LogP) is 3.95. The van der Waals surface area contributed by atoms with Crippen molar-refractivity contribution in [3.05, 3.63) is 33.9 Å². The first-order chi connectivity index (χ1) is 6.74. The van der Waals surface area contributed by atoms with E-state index in [2.05, 4.69) is 43.4 Å². The third kappa shape index (κ3) is 3.80. The van der Waals surface area contributed by atoms with Crippen molar-refractivity contribution < 1.29 is 4.74 Å². The molecule has 0 unspecified atom stereocenters. The van der Waals surface area contributed by atoms with E-state index in [9.17, 15) is 0 Å². The minimum Gasteiger partial charge on any atom is -0.477 e. The predicted molar refractivity (Wildman–Crippen MR) is 64.6 cm³/mol. The van der Waals surface area contributed by atoms with Crippen LogP contribution in [0.1, 0.15) is 12.8 Å². The zero-order chi connectivity index (χ0) is 10.4. The van der Waals surface area contributed by atoms with E-state index < -0.39 is 0 Å². The lowest BCUT2D eigenvalue weighted by Crippen LogP contribution is -1.99. The molecule has 14 heavy (non-hydrogen) atoms. The summed E-state index contributed by atoms with van der Waals surface area (Å²) in [6.07, 6.45) is 5.53. The number of unbranched alkanes of at least 4 members (excludes halogenated alkanes) is 1. The molecule has 76 valence electrons. The molecule has 0 amide bonds. The number of hydrogen-bond acceptors (Lipinski definition) is 2. The average molecular weight is 321 g/mol. The minimum absolute atomic E-state index is 0.636. The number of pyridine rings is 1. The molecule has 1 aromatic heterocycles. The number of aromatic nitrogens is 1. The maximum Gasteiger partial charge on any atom is 0.228 e. The molecule has 1 heterocycles. The van der Waals surface area contributed by atoms with E-state index in [0.717, 1.165) is 21.8 Å². The van der Waals surface area contributed by atoms with E-state index in [4.69, 9.17) is 4.74 Å². The van der Waals surface area contributed by atoms with E-state index in [1.54, 1.807) is 6.20 Å². The van der Waals surface area contributed by atoms with Gasteiger partial charge in [0.2, 0.25) is 5.88 Å². The summed E-state index contributed by atoms with van der Waals surface area (Å²) in [4.78, 5) is 4.13. The molecule has 0 bridgehead atoms. The molecule has 1 aromatic rings. The monoisotopic (exact) mass is 319 g/mol. The van der Waals surface area contributed by atoms with Gasteiger partial charge in [0.05, 0.1) is 11.1 Å². The summed E-state index contributed by atoms with van der Waals surface area (Å²) in [5, 5.41) is 0. The molecule has 0 aliphatic rings. The van der Waals surface area contributed by atoms with E-state index in [1.165, 1.54) is 0 Å². The van der Waals surface area contributed by atoms with Crippen molar-refractivity contribution in [2.45, 2.75) is 12.8 Å². The lowest BCUT2D eigenvalue weighted by molar-refractivity contribution is 0.298. The van der Waals surface area contributed by atoms with Crippen LogP contribution in [0.5, 0.6) is 5.88 Å². The van der Waals surface area contributed by atoms with Crippen molar-refractivity contribution in [1.82, 2.24) is 4.98 Å². The molecule has 0 N–H and O–H groups in total. The van der Waals surface area contributed by atoms with Crippen LogP contribution >= 0.6 is 31.9 Å². The van der Waals surface area contributed by atoms with Crippen LogP contribution in [0.15, 0.2) is 33.9 Å². The summed E-state index contributed by atoms with van der Waals surface area (Å²) in [6.45, 7) is 4.31. The molecule has 0 aliphatic heterocycles. The number of halogens is 2. The Morgan fingerprint density at radius 2 is 2.29 bits per heavy atom. The zero-order valence-corrected chi connectivity index (χ0v) is 10.8. The molecule has 0 radical (unpaired) electrons. The molecule has 0 aliphatic carbocycles. The highest BCUT2D eigenvalue weighted by Crippen LogP contribution is 2.25. The first-order valence-corrected chi connectivity index (χ1v) is 5.87. The summed E-state index contributed by atoms with van der Waals surface area (Å²) in [5.41, 5.74) is 0. The average Bonchev–Trinajstić information content (AvgIpc) is 2.15. The Hall–Kier alpha value is -0.350. The second-order valence-corrected chi connectivity index (χ2v) is 4.49. The number of allylic oxidation sites excluding steroid dienone is 1. The molecular weight excluding hydrogens is 310 g/mol. The number of nitrogens with zero attached hydrogens (tertiary/aromatic N) is 1. The van der Waals surface area contributed by atoms with Gasteiger partial charge in [0.1, 0.15) is 0 Å². The quantitative estimate of drug-likeness (QED) is 0.605. The van der Waals surface area contributed by atoms with Crippen molar-refractivity contribution in [3.8, 4) is 5.88 Å². The molecule has 2 nitrogen and oxygen atoms in total. The normalized spacial score (nSPS) is 9.86. The second-order valence-electron chi connectivity index (χ2n) is 2.72. The first kappa shape index (κ1) is 11.7. The van der Waals surface area contributed by atoms with Crippen LogP contribution in [0.4, 0.5) is 0 Å². The molecular formula is C10H11Br2NO. The second kappa shape index (κ2) is 6.19. The van der Waals surface area contributed by atoms with Crippen LogP contribution in [0.2, 0.25) is 0 Å². The highest BCUT2D eigenvalue weighted by molar-refractivity contribution is 9.11. The number of ether oxygens (including phenoxy) is 1. The van der Waals surface area contributed by atoms with Crippen LogP contribution in [0.25, 0.3) is 0 Å². The van der Waals surface area contributed by atoms with Gasteiger partial charge in [-0.15, -0.1) is 6.58 Å². The van der Waals surface area contributed by atoms with Crippen LogP contribution in [0, 0.1) is 0 Å². The van der Waals surface area contributed by atoms with Gasteiger partial charge < -0.3 is 4.74 Å². The summed E-state index contributed by atoms with van der Waals surface area (Å²) in [6, 6.07) is 1.91. The van der Waals surface area contributed by atoms with Gasteiger partial charge in [0.25, 0.3) is 0 Å². The lowest BCUT2D eigenvalue weighted by atomic mass is 10.3. The van der Waals surface area contributed by atoms with Gasteiger partial charge in [-0.05, 0) is 50.8 Å². The Balaban J connectivity index is 2.46. The lowest BCUT2D eigenvalue weighted by Gasteiger charge is -2.05. The van der Waals surface area contributed by atoms with Gasteiger partial charge in [0, 0.05) is 10.7 Å². The maximum absolute atomic E-state index is 5.47. The maximum atomic E-state index is 5.47. The molecule has 0 spiro atoms. The Labute approximate surface area is 101 Å². The van der Waals surface area contributed by atoms with Gasteiger partial charge >= 0.3 is 0 Å². The summed E-state index contributed by atoms with van der Waals surface area (Å²) >= 11 is 6.71. The molecule has 0 atom stereocenters. The van der Waals surface area contributed by atoms with Crippen LogP contribution in [0.3, 0.4) is 0 Å². The number of rotatable bonds is 5. The Morgan fingerprint density at radius 1 is 1.50 bits per heavy atom. The summed E-state index contributed by atoms with van der Waals surface area (Å²) < 4.78 is 7.27. The molecule has 4 heteroatoms. The van der Waals surface area contributed by atoms with Gasteiger partial charge in [-0.25, -0.2) is 4.98 Å². The Bertz CT molecular complexity index is 315. The molecule has 0 saturated carbocycles. The fourth-order valence-electron chi connectivity index (χ4n) is 0.905. The summed E-state index contributed by atoms with van der Waals surface area (Å²) in [5.74, 6) is 0.636. The Morgan fingerprint density at radius 3 is 2.93 bits per heavy atom. The molecule has 0 saturated heterocycles. The first-order valence-electron chi connectivity index (χ1n) is 4.29. The third-order valence-electron chi connectivity index (χ3n) is 1.57. The highest BCUT2D eigenvalue weighted by atomic mass is 79.9. The van der Waals surface area contributed by atoms with Crippen molar-refractivity contribution >= 4 is 31.9 Å². The van der Waals surface area contributed by atoms with Crippen LogP contribution < -0.4 is 4.74 Å². The molecule has 1 rings (SSSR count). The van der Waals surface area contributed by atoms with E-state index in [1.807, 2.05) is 12.1 Å². The summed E-state index contributed by atoms with van der Waals surface area (Å²) in [7, 11) is 0. The highest BCUT2D eigenvalue weighted by Gasteiger charge is 2.02. The third-order valence-corrected chi connectivity index (χ3v) is 2.57. The molecule has 0 fully saturated rings. The van der Waals surface area contributed by atoms with Gasteiger partial charge in [-0.3, -0.25) is 0 Å². The van der Waals surface area contributed by atoms with Crippen molar-refractivity contribution in [2.75, 3.05) is 6.61 Å². The van der Waals surface area contributed by atoms with Gasteiger partial charge in [0.15, 0.2) is 0 Å². The van der Waals surface area contributed by atoms with Crippen molar-refractivity contribution in [2.24, 2.45) is 0 Å². The smallest absolute Gasteiger partial charge is 0.228 e. The van der Waals surface area contributed by atoms with Crippen molar-refractivity contribution in [1.29, 1.82) is 0 Å². The fraction of sp³-hybridized carbons (Fsp3) is 0.300. The van der Waals surface area contributed by atoms with Gasteiger partial charge in [-0.1, -0.05) is 6.08 Å². The topological polar surface area (TPSA) is 22.1 Å². The van der Waals surface area contributed by atoms with E-state index in [0.29, 0.717) is 12.5 Å². The van der Waals surface area contributed by atoms with Crippen LogP contribution in [-0.4, -0.2) is 11.6 Å². The van der Waals surface area contributed by atoms with E-state index in [-0.39, 0.29) is 0 Å². The van der Waals surface area contributed by atoms with E-state index >= 15 is 0 Å². The standard InChI is InChI=1S/C10H11Br2NO/c1-2-3-4-5-14-10-9(12)6-8(11)7-13-10/h2,6-7H,1,3-5H2. The van der Waals surface area contributed by atoms with Crippen molar-refractivity contribution in [3.63, 3.8) is 0 Å². The Kier molecular flexibility index (Phi) is 5.19. The zero-order valence-electron chi connectivity index (χ0n) is 7.67. The van der Waals surface area contributed by atoms with Gasteiger partial charge in [-0.2, -0.15) is 0 Å². The molecule has 0 aromatic carbocycles. The minimum atomic E-state index is 0.636. The number of hydrogen-bond donors (Lipinski definition) is 0. The largest absolute Gasteiger partial charge is 0.477 e. The van der Waals surface area contributed by atoms with Crippen LogP contribution in [-0.2, 0) is 0 Å². The fourth-order valence-corrected chi connectivity index (χ4v) is 2.01. The SMILES string of the molecule is C=CCCCOc1ncc(Br)cc1Br.